The number of sulfonamides is 1. The van der Waals surface area contributed by atoms with E-state index in [1.165, 1.54) is 29.5 Å². The summed E-state index contributed by atoms with van der Waals surface area (Å²) in [6, 6.07) is 11.2. The molecule has 4 aliphatic carbocycles. The number of hydrogen-bond donors (Lipinski definition) is 2. The highest BCUT2D eigenvalue weighted by molar-refractivity contribution is 7.89. The molecule has 2 bridgehead atoms. The lowest BCUT2D eigenvalue weighted by molar-refractivity contribution is -0.123. The Morgan fingerprint density at radius 2 is 1.70 bits per heavy atom. The molecule has 1 amide bonds. The van der Waals surface area contributed by atoms with Gasteiger partial charge < -0.3 is 5.11 Å². The Morgan fingerprint density at radius 1 is 1.00 bits per heavy atom. The van der Waals surface area contributed by atoms with Gasteiger partial charge in [0, 0.05) is 18.2 Å². The molecule has 0 aromatic heterocycles. The highest BCUT2D eigenvalue weighted by Gasteiger charge is 2.66. The summed E-state index contributed by atoms with van der Waals surface area (Å²) < 4.78 is 27.7. The molecule has 2 aromatic rings. The third kappa shape index (κ3) is 3.36. The standard InChI is InChI=1S/C24H22Cl2N2O4S/c25-19-8-5-14(9-20(19)26)33(31,32)27-11-12-1-3-13(4-2-12)28-23(29)21-15-6-7-16(18-10-17(15)18)22(21)24(28)30/h1-9,15-18,21-23,27,29H,10-11H2. The molecule has 1 aliphatic heterocycles. The van der Waals surface area contributed by atoms with Crippen molar-refractivity contribution in [1.82, 2.24) is 4.72 Å². The van der Waals surface area contributed by atoms with Gasteiger partial charge in [-0.05, 0) is 66.0 Å². The zero-order valence-electron chi connectivity index (χ0n) is 17.4. The van der Waals surface area contributed by atoms with E-state index >= 15 is 0 Å². The van der Waals surface area contributed by atoms with E-state index in [1.807, 2.05) is 0 Å². The average molecular weight is 505 g/mol. The lowest BCUT2D eigenvalue weighted by Crippen LogP contribution is -2.41. The molecule has 2 N–H and O–H groups in total. The third-order valence-electron chi connectivity index (χ3n) is 7.72. The predicted molar refractivity (Wildman–Crippen MR) is 125 cm³/mol. The lowest BCUT2D eigenvalue weighted by atomic mass is 9.63. The maximum absolute atomic E-state index is 13.3. The average Bonchev–Trinajstić information content (AvgIpc) is 3.58. The van der Waals surface area contributed by atoms with Gasteiger partial charge in [-0.2, -0.15) is 0 Å². The second-order valence-corrected chi connectivity index (χ2v) is 12.0. The van der Waals surface area contributed by atoms with Crippen LogP contribution >= 0.6 is 23.2 Å². The summed E-state index contributed by atoms with van der Waals surface area (Å²) in [5.74, 6) is 1.55. The third-order valence-corrected chi connectivity index (χ3v) is 9.86. The van der Waals surface area contributed by atoms with E-state index in [1.54, 1.807) is 24.3 Å². The zero-order chi connectivity index (χ0) is 23.1. The van der Waals surface area contributed by atoms with Crippen molar-refractivity contribution in [2.75, 3.05) is 4.90 Å². The number of carbonyl (C=O) groups is 1. The first-order chi connectivity index (χ1) is 15.8. The van der Waals surface area contributed by atoms with Crippen LogP contribution in [0.5, 0.6) is 0 Å². The fourth-order valence-electron chi connectivity index (χ4n) is 6.10. The molecule has 5 aliphatic rings. The number of nitrogens with zero attached hydrogens (tertiary/aromatic N) is 1. The summed E-state index contributed by atoms with van der Waals surface area (Å²) in [6.07, 6.45) is 4.74. The number of allylic oxidation sites excluding steroid dienone is 2. The smallest absolute Gasteiger partial charge is 0.240 e. The first-order valence-electron chi connectivity index (χ1n) is 11.0. The van der Waals surface area contributed by atoms with Crippen molar-refractivity contribution in [1.29, 1.82) is 0 Å². The fraction of sp³-hybridized carbons (Fsp3) is 0.375. The van der Waals surface area contributed by atoms with Crippen molar-refractivity contribution < 1.29 is 18.3 Å². The van der Waals surface area contributed by atoms with Crippen LogP contribution in [0.1, 0.15) is 12.0 Å². The monoisotopic (exact) mass is 504 g/mol. The maximum atomic E-state index is 13.3. The maximum Gasteiger partial charge on any atom is 0.240 e. The molecular weight excluding hydrogens is 483 g/mol. The van der Waals surface area contributed by atoms with Crippen LogP contribution in [-0.2, 0) is 21.4 Å². The number of halogens is 2. The molecule has 6 nitrogen and oxygen atoms in total. The molecule has 0 radical (unpaired) electrons. The van der Waals surface area contributed by atoms with Crippen LogP contribution in [0.3, 0.4) is 0 Å². The Morgan fingerprint density at radius 3 is 2.42 bits per heavy atom. The Balaban J connectivity index is 1.17. The number of aliphatic hydroxyl groups excluding tert-OH is 1. The first-order valence-corrected chi connectivity index (χ1v) is 13.2. The minimum Gasteiger partial charge on any atom is -0.373 e. The summed E-state index contributed by atoms with van der Waals surface area (Å²) in [7, 11) is -3.77. The Kier molecular flexibility index (Phi) is 4.95. The topological polar surface area (TPSA) is 86.7 Å². The zero-order valence-corrected chi connectivity index (χ0v) is 19.8. The van der Waals surface area contributed by atoms with E-state index in [0.29, 0.717) is 17.5 Å². The van der Waals surface area contributed by atoms with Crippen LogP contribution < -0.4 is 9.62 Å². The van der Waals surface area contributed by atoms with E-state index in [2.05, 4.69) is 16.9 Å². The molecule has 172 valence electrons. The van der Waals surface area contributed by atoms with Crippen LogP contribution in [0.2, 0.25) is 10.0 Å². The van der Waals surface area contributed by atoms with Gasteiger partial charge in [0.2, 0.25) is 15.9 Å². The Bertz CT molecular complexity index is 1280. The van der Waals surface area contributed by atoms with Crippen LogP contribution in [0.15, 0.2) is 59.5 Å². The van der Waals surface area contributed by atoms with Gasteiger partial charge in [0.1, 0.15) is 6.23 Å². The minimum absolute atomic E-state index is 0.00901. The van der Waals surface area contributed by atoms with Crippen molar-refractivity contribution in [2.45, 2.75) is 24.1 Å². The summed E-state index contributed by atoms with van der Waals surface area (Å²) in [5, 5.41) is 11.5. The Labute approximate surface area is 202 Å². The number of rotatable bonds is 5. The first kappa shape index (κ1) is 21.6. The van der Waals surface area contributed by atoms with Gasteiger partial charge in [-0.1, -0.05) is 47.5 Å². The minimum atomic E-state index is -3.77. The highest BCUT2D eigenvalue weighted by atomic mass is 35.5. The molecule has 9 heteroatoms. The largest absolute Gasteiger partial charge is 0.373 e. The quantitative estimate of drug-likeness (QED) is 0.605. The molecule has 7 unspecified atom stereocenters. The number of benzene rings is 2. The van der Waals surface area contributed by atoms with Gasteiger partial charge >= 0.3 is 0 Å². The molecule has 33 heavy (non-hydrogen) atoms. The lowest BCUT2D eigenvalue weighted by Gasteiger charge is -2.40. The molecule has 2 aromatic carbocycles. The highest BCUT2D eigenvalue weighted by Crippen LogP contribution is 2.66. The Hall–Kier alpha value is -1.90. The summed E-state index contributed by atoms with van der Waals surface area (Å²) >= 11 is 11.8. The van der Waals surface area contributed by atoms with Gasteiger partial charge in [0.25, 0.3) is 0 Å². The molecule has 7 rings (SSSR count). The van der Waals surface area contributed by atoms with E-state index in [0.717, 1.165) is 5.56 Å². The molecule has 1 saturated heterocycles. The van der Waals surface area contributed by atoms with Crippen LogP contribution in [0, 0.1) is 35.5 Å². The van der Waals surface area contributed by atoms with Crippen molar-refractivity contribution in [3.05, 3.63) is 70.2 Å². The van der Waals surface area contributed by atoms with E-state index in [9.17, 15) is 18.3 Å². The number of aliphatic hydroxyl groups is 1. The van der Waals surface area contributed by atoms with Crippen LogP contribution in [-0.4, -0.2) is 25.7 Å². The summed E-state index contributed by atoms with van der Waals surface area (Å²) in [6.45, 7) is 0.0715. The molecule has 3 fully saturated rings. The molecular formula is C24H22Cl2N2O4S. The van der Waals surface area contributed by atoms with E-state index in [4.69, 9.17) is 23.2 Å². The molecule has 1 heterocycles. The second kappa shape index (κ2) is 7.55. The molecule has 0 spiro atoms. The van der Waals surface area contributed by atoms with Gasteiger partial charge in [0.05, 0.1) is 20.9 Å². The number of anilines is 1. The summed E-state index contributed by atoms with van der Waals surface area (Å²) in [4.78, 5) is 14.8. The number of hydrogen-bond acceptors (Lipinski definition) is 4. The summed E-state index contributed by atoms with van der Waals surface area (Å²) in [5.41, 5.74) is 1.36. The molecule has 7 atom stereocenters. The normalized spacial score (nSPS) is 33.8. The number of amides is 1. The van der Waals surface area contributed by atoms with Crippen LogP contribution in [0.4, 0.5) is 5.69 Å². The van der Waals surface area contributed by atoms with Gasteiger partial charge in [0.15, 0.2) is 0 Å². The van der Waals surface area contributed by atoms with Crippen molar-refractivity contribution >= 4 is 44.8 Å². The molecule has 2 saturated carbocycles. The van der Waals surface area contributed by atoms with Gasteiger partial charge in [-0.15, -0.1) is 0 Å². The number of nitrogens with one attached hydrogen (secondary N) is 1. The van der Waals surface area contributed by atoms with Crippen molar-refractivity contribution in [2.24, 2.45) is 35.5 Å². The van der Waals surface area contributed by atoms with Crippen LogP contribution in [0.25, 0.3) is 0 Å². The van der Waals surface area contributed by atoms with Gasteiger partial charge in [-0.25, -0.2) is 13.1 Å². The van der Waals surface area contributed by atoms with E-state index < -0.39 is 16.3 Å². The fourth-order valence-corrected chi connectivity index (χ4v) is 7.50. The van der Waals surface area contributed by atoms with Gasteiger partial charge in [-0.3, -0.25) is 9.69 Å². The number of carbonyl (C=O) groups excluding carboxylic acids is 1. The van der Waals surface area contributed by atoms with Crippen molar-refractivity contribution in [3.63, 3.8) is 0 Å². The SMILES string of the molecule is O=C1C2C3C=CC(C4CC34)C2C(O)N1c1ccc(CNS(=O)(=O)c2ccc(Cl)c(Cl)c2)cc1. The predicted octanol–water partition coefficient (Wildman–Crippen LogP) is 3.82. The van der Waals surface area contributed by atoms with E-state index in [-0.39, 0.29) is 51.1 Å². The van der Waals surface area contributed by atoms with Crippen molar-refractivity contribution in [3.8, 4) is 0 Å². The second-order valence-electron chi connectivity index (χ2n) is 9.39.